The molecule has 3 heterocycles. The lowest BCUT2D eigenvalue weighted by Crippen LogP contribution is -2.37. The summed E-state index contributed by atoms with van der Waals surface area (Å²) in [6.45, 7) is 1.22. The zero-order chi connectivity index (χ0) is 22.4. The van der Waals surface area contributed by atoms with Crippen LogP contribution in [0.3, 0.4) is 0 Å². The number of hydrogen-bond acceptors (Lipinski definition) is 5. The Morgan fingerprint density at radius 2 is 1.72 bits per heavy atom. The summed E-state index contributed by atoms with van der Waals surface area (Å²) in [5.41, 5.74) is 3.14. The number of hydrogen-bond donors (Lipinski definition) is 1. The van der Waals surface area contributed by atoms with Crippen LogP contribution in [0.25, 0.3) is 0 Å². The number of carbonyl (C=O) groups is 3. The van der Waals surface area contributed by atoms with Crippen LogP contribution in [0.4, 0.5) is 11.4 Å². The number of halogens is 2. The Hall–Kier alpha value is -2.87. The molecular formula is C23H17Cl2N3O3S. The summed E-state index contributed by atoms with van der Waals surface area (Å²) in [4.78, 5) is 42.7. The molecule has 0 fully saturated rings. The van der Waals surface area contributed by atoms with Crippen molar-refractivity contribution in [2.45, 2.75) is 13.0 Å². The predicted octanol–water partition coefficient (Wildman–Crippen LogP) is 4.85. The summed E-state index contributed by atoms with van der Waals surface area (Å²) in [7, 11) is 0. The Morgan fingerprint density at radius 3 is 2.44 bits per heavy atom. The summed E-state index contributed by atoms with van der Waals surface area (Å²) < 4.78 is 0. The van der Waals surface area contributed by atoms with Crippen LogP contribution < -0.4 is 10.2 Å². The molecule has 0 atom stereocenters. The molecule has 1 N–H and O–H groups in total. The molecule has 2 aliphatic heterocycles. The highest BCUT2D eigenvalue weighted by molar-refractivity contribution is 7.10. The molecule has 0 spiro atoms. The van der Waals surface area contributed by atoms with E-state index in [9.17, 15) is 14.4 Å². The number of amides is 3. The van der Waals surface area contributed by atoms with Gasteiger partial charge in [-0.1, -0.05) is 35.3 Å². The van der Waals surface area contributed by atoms with Crippen LogP contribution in [0.2, 0.25) is 10.0 Å². The van der Waals surface area contributed by atoms with Crippen molar-refractivity contribution in [2.75, 3.05) is 23.3 Å². The minimum atomic E-state index is -0.562. The fourth-order valence-electron chi connectivity index (χ4n) is 4.07. The Morgan fingerprint density at radius 1 is 1.03 bits per heavy atom. The number of imide groups is 1. The number of carbonyl (C=O) groups excluding carboxylic acids is 3. The largest absolute Gasteiger partial charge is 0.365 e. The number of para-hydroxylation sites is 2. The van der Waals surface area contributed by atoms with Gasteiger partial charge >= 0.3 is 0 Å². The van der Waals surface area contributed by atoms with Crippen molar-refractivity contribution >= 4 is 63.6 Å². The third-order valence-electron chi connectivity index (χ3n) is 5.64. The van der Waals surface area contributed by atoms with Crippen LogP contribution >= 0.6 is 34.5 Å². The van der Waals surface area contributed by atoms with Crippen molar-refractivity contribution < 1.29 is 14.4 Å². The minimum absolute atomic E-state index is 0.150. The van der Waals surface area contributed by atoms with Crippen LogP contribution in [0.5, 0.6) is 0 Å². The van der Waals surface area contributed by atoms with Crippen molar-refractivity contribution in [3.8, 4) is 0 Å². The highest BCUT2D eigenvalue weighted by Gasteiger charge is 2.37. The van der Waals surface area contributed by atoms with E-state index < -0.39 is 24.3 Å². The summed E-state index contributed by atoms with van der Waals surface area (Å²) in [6, 6.07) is 12.4. The molecule has 9 heteroatoms. The normalized spacial score (nSPS) is 15.1. The topological polar surface area (TPSA) is 69.7 Å². The zero-order valence-electron chi connectivity index (χ0n) is 16.7. The number of thiophene rings is 1. The van der Waals surface area contributed by atoms with Gasteiger partial charge in [0, 0.05) is 18.0 Å². The summed E-state index contributed by atoms with van der Waals surface area (Å²) in [5, 5.41) is 5.33. The smallest absolute Gasteiger partial charge is 0.262 e. The van der Waals surface area contributed by atoms with Crippen LogP contribution in [0.15, 0.2) is 47.8 Å². The summed E-state index contributed by atoms with van der Waals surface area (Å²) in [5.74, 6) is -1.58. The monoisotopic (exact) mass is 485 g/mol. The molecule has 3 amide bonds. The number of benzene rings is 2. The fraction of sp³-hybridized carbons (Fsp3) is 0.174. The van der Waals surface area contributed by atoms with Gasteiger partial charge in [0.25, 0.3) is 11.8 Å². The van der Waals surface area contributed by atoms with Gasteiger partial charge in [0.05, 0.1) is 32.5 Å². The average Bonchev–Trinajstić information content (AvgIpc) is 3.33. The van der Waals surface area contributed by atoms with Crippen molar-refractivity contribution in [2.24, 2.45) is 0 Å². The third-order valence-corrected chi connectivity index (χ3v) is 7.38. The minimum Gasteiger partial charge on any atom is -0.365 e. The molecule has 3 aromatic rings. The van der Waals surface area contributed by atoms with Crippen LogP contribution in [0, 0.1) is 0 Å². The molecule has 2 aliphatic rings. The number of rotatable bonds is 4. The highest BCUT2D eigenvalue weighted by atomic mass is 35.5. The molecule has 0 unspecified atom stereocenters. The fourth-order valence-corrected chi connectivity index (χ4v) is 5.29. The van der Waals surface area contributed by atoms with Gasteiger partial charge in [-0.15, -0.1) is 11.3 Å². The molecule has 5 rings (SSSR count). The maximum Gasteiger partial charge on any atom is 0.262 e. The molecule has 0 saturated carbocycles. The van der Waals surface area contributed by atoms with Gasteiger partial charge in [-0.2, -0.15) is 0 Å². The molecule has 0 radical (unpaired) electrons. The van der Waals surface area contributed by atoms with Gasteiger partial charge < -0.3 is 10.2 Å². The molecule has 2 aromatic carbocycles. The molecule has 0 saturated heterocycles. The number of anilines is 2. The van der Waals surface area contributed by atoms with E-state index in [-0.39, 0.29) is 21.2 Å². The van der Waals surface area contributed by atoms with Crippen molar-refractivity contribution in [3.05, 3.63) is 79.5 Å². The van der Waals surface area contributed by atoms with Gasteiger partial charge in [0.2, 0.25) is 5.91 Å². The second-order valence-electron chi connectivity index (χ2n) is 7.61. The van der Waals surface area contributed by atoms with E-state index in [0.29, 0.717) is 5.69 Å². The van der Waals surface area contributed by atoms with Crippen LogP contribution in [-0.2, 0) is 17.8 Å². The van der Waals surface area contributed by atoms with E-state index >= 15 is 0 Å². The lowest BCUT2D eigenvalue weighted by molar-refractivity contribution is -0.116. The second kappa shape index (κ2) is 8.24. The Kier molecular flexibility index (Phi) is 5.41. The van der Waals surface area contributed by atoms with Crippen molar-refractivity contribution in [1.82, 2.24) is 4.90 Å². The molecule has 0 bridgehead atoms. The van der Waals surface area contributed by atoms with E-state index in [0.717, 1.165) is 30.1 Å². The molecule has 0 aliphatic carbocycles. The lowest BCUT2D eigenvalue weighted by atomic mass is 10.1. The molecule has 162 valence electrons. The van der Waals surface area contributed by atoms with E-state index in [1.807, 2.05) is 24.3 Å². The highest BCUT2D eigenvalue weighted by Crippen LogP contribution is 2.33. The maximum atomic E-state index is 12.8. The second-order valence-corrected chi connectivity index (χ2v) is 9.43. The first-order chi connectivity index (χ1) is 15.4. The molecular weight excluding hydrogens is 469 g/mol. The summed E-state index contributed by atoms with van der Waals surface area (Å²) >= 11 is 13.7. The first-order valence-corrected chi connectivity index (χ1v) is 11.6. The lowest BCUT2D eigenvalue weighted by Gasteiger charge is -2.30. The van der Waals surface area contributed by atoms with Crippen LogP contribution in [0.1, 0.15) is 31.2 Å². The molecule has 32 heavy (non-hydrogen) atoms. The SMILES string of the molecule is O=C(CN1C(=O)c2cc(Cl)c(Cl)cc2C1=O)Nc1ccccc1N1CCc2sccc2C1. The Labute approximate surface area is 198 Å². The maximum absolute atomic E-state index is 12.8. The van der Waals surface area contributed by atoms with E-state index in [1.165, 1.54) is 22.6 Å². The van der Waals surface area contributed by atoms with E-state index in [1.54, 1.807) is 11.3 Å². The molecule has 6 nitrogen and oxygen atoms in total. The number of nitrogens with one attached hydrogen (secondary N) is 1. The zero-order valence-corrected chi connectivity index (χ0v) is 19.1. The average molecular weight is 486 g/mol. The van der Waals surface area contributed by atoms with Gasteiger partial charge in [-0.05, 0) is 47.7 Å². The standard InChI is InChI=1S/C23H17Cl2N3O3S/c24-16-9-14-15(10-17(16)25)23(31)28(22(14)30)12-21(29)26-18-3-1-2-4-19(18)27-7-5-20-13(11-27)6-8-32-20/h1-4,6,8-10H,5,7,11-12H2,(H,26,29). The van der Waals surface area contributed by atoms with Crippen LogP contribution in [-0.4, -0.2) is 35.7 Å². The quantitative estimate of drug-likeness (QED) is 0.536. The van der Waals surface area contributed by atoms with Gasteiger partial charge in [-0.3, -0.25) is 19.3 Å². The van der Waals surface area contributed by atoms with Crippen molar-refractivity contribution in [3.63, 3.8) is 0 Å². The van der Waals surface area contributed by atoms with Gasteiger partial charge in [0.1, 0.15) is 6.54 Å². The van der Waals surface area contributed by atoms with Gasteiger partial charge in [-0.25, -0.2) is 0 Å². The summed E-state index contributed by atoms with van der Waals surface area (Å²) in [6.07, 6.45) is 0.954. The van der Waals surface area contributed by atoms with E-state index in [2.05, 4.69) is 21.7 Å². The Bertz CT molecular complexity index is 1230. The van der Waals surface area contributed by atoms with Crippen molar-refractivity contribution in [1.29, 1.82) is 0 Å². The predicted molar refractivity (Wildman–Crippen MR) is 126 cm³/mol. The molecule has 1 aromatic heterocycles. The first kappa shape index (κ1) is 21.0. The van der Waals surface area contributed by atoms with E-state index in [4.69, 9.17) is 23.2 Å². The first-order valence-electron chi connectivity index (χ1n) is 9.96. The van der Waals surface area contributed by atoms with Gasteiger partial charge in [0.15, 0.2) is 0 Å². The third kappa shape index (κ3) is 3.66. The number of fused-ring (bicyclic) bond motifs is 2. The number of nitrogens with zero attached hydrogens (tertiary/aromatic N) is 2. The Balaban J connectivity index is 1.33.